The molecular formula is C16H18N2OS. The molecule has 1 spiro atoms. The van der Waals surface area contributed by atoms with Crippen LogP contribution in [0.2, 0.25) is 0 Å². The summed E-state index contributed by atoms with van der Waals surface area (Å²) >= 11 is 1.72. The number of allylic oxidation sites excluding steroid dienone is 1. The van der Waals surface area contributed by atoms with Gasteiger partial charge in [-0.25, -0.2) is 0 Å². The zero-order valence-corrected chi connectivity index (χ0v) is 12.8. The molecule has 104 valence electrons. The Kier molecular flexibility index (Phi) is 3.21. The molecular weight excluding hydrogens is 268 g/mol. The minimum Gasteiger partial charge on any atom is -0.270 e. The molecule has 0 saturated heterocycles. The number of anilines is 1. The van der Waals surface area contributed by atoms with Crippen LogP contribution in [0.5, 0.6) is 0 Å². The molecule has 1 aromatic rings. The maximum atomic E-state index is 12.9. The maximum absolute atomic E-state index is 12.9. The van der Waals surface area contributed by atoms with Gasteiger partial charge in [-0.15, -0.1) is 11.8 Å². The van der Waals surface area contributed by atoms with E-state index in [1.165, 1.54) is 11.1 Å². The molecule has 1 amide bonds. The second kappa shape index (κ2) is 4.77. The fourth-order valence-corrected chi connectivity index (χ4v) is 4.13. The molecule has 4 heteroatoms. The molecule has 0 saturated carbocycles. The van der Waals surface area contributed by atoms with Crippen LogP contribution >= 0.6 is 11.8 Å². The second-order valence-corrected chi connectivity index (χ2v) is 6.77. The van der Waals surface area contributed by atoms with E-state index in [1.807, 2.05) is 37.3 Å². The van der Waals surface area contributed by atoms with E-state index in [4.69, 9.17) is 0 Å². The van der Waals surface area contributed by atoms with Crippen molar-refractivity contribution in [2.24, 2.45) is 5.10 Å². The number of para-hydroxylation sites is 1. The molecule has 0 N–H and O–H groups in total. The van der Waals surface area contributed by atoms with E-state index in [0.29, 0.717) is 0 Å². The third kappa shape index (κ3) is 1.90. The predicted molar refractivity (Wildman–Crippen MR) is 85.2 cm³/mol. The van der Waals surface area contributed by atoms with Crippen LogP contribution in [0, 0.1) is 0 Å². The van der Waals surface area contributed by atoms with Crippen LogP contribution in [0.1, 0.15) is 27.2 Å². The molecule has 20 heavy (non-hydrogen) atoms. The molecule has 1 atom stereocenters. The topological polar surface area (TPSA) is 32.7 Å². The Morgan fingerprint density at radius 2 is 1.85 bits per heavy atom. The quantitative estimate of drug-likeness (QED) is 0.739. The Balaban J connectivity index is 1.98. The molecule has 0 aromatic heterocycles. The third-order valence-electron chi connectivity index (χ3n) is 4.15. The van der Waals surface area contributed by atoms with Crippen molar-refractivity contribution in [3.63, 3.8) is 0 Å². The van der Waals surface area contributed by atoms with E-state index in [0.717, 1.165) is 23.6 Å². The highest BCUT2D eigenvalue weighted by Gasteiger charge is 2.51. The van der Waals surface area contributed by atoms with Gasteiger partial charge in [0.1, 0.15) is 4.75 Å². The molecule has 2 heterocycles. The van der Waals surface area contributed by atoms with Crippen LogP contribution < -0.4 is 5.01 Å². The number of carbonyl (C=O) groups is 1. The maximum Gasteiger partial charge on any atom is 0.269 e. The molecule has 3 nitrogen and oxygen atoms in total. The number of thioether (sulfide) groups is 1. The number of hydrazone groups is 1. The summed E-state index contributed by atoms with van der Waals surface area (Å²) in [5, 5.41) is 6.10. The molecule has 1 unspecified atom stereocenters. The van der Waals surface area contributed by atoms with E-state index in [9.17, 15) is 4.79 Å². The molecule has 1 aromatic carbocycles. The van der Waals surface area contributed by atoms with Crippen molar-refractivity contribution in [2.45, 2.75) is 31.9 Å². The normalized spacial score (nSPS) is 26.4. The van der Waals surface area contributed by atoms with Gasteiger partial charge in [0.2, 0.25) is 0 Å². The molecule has 0 aliphatic carbocycles. The predicted octanol–water partition coefficient (Wildman–Crippen LogP) is 3.62. The van der Waals surface area contributed by atoms with E-state index in [2.05, 4.69) is 18.9 Å². The number of hydrogen-bond acceptors (Lipinski definition) is 3. The number of hydrogen-bond donors (Lipinski definition) is 0. The summed E-state index contributed by atoms with van der Waals surface area (Å²) in [5.74, 6) is 1.01. The van der Waals surface area contributed by atoms with Gasteiger partial charge in [-0.05, 0) is 39.3 Å². The van der Waals surface area contributed by atoms with Crippen molar-refractivity contribution in [3.8, 4) is 0 Å². The third-order valence-corrected chi connectivity index (χ3v) is 5.84. The van der Waals surface area contributed by atoms with Crippen molar-refractivity contribution < 1.29 is 4.79 Å². The monoisotopic (exact) mass is 286 g/mol. The van der Waals surface area contributed by atoms with Crippen LogP contribution in [-0.4, -0.2) is 22.1 Å². The first-order chi connectivity index (χ1) is 9.54. The fourth-order valence-electron chi connectivity index (χ4n) is 2.65. The van der Waals surface area contributed by atoms with Crippen molar-refractivity contribution >= 4 is 29.1 Å². The van der Waals surface area contributed by atoms with Crippen LogP contribution in [0.4, 0.5) is 5.69 Å². The summed E-state index contributed by atoms with van der Waals surface area (Å²) in [6, 6.07) is 9.66. The van der Waals surface area contributed by atoms with Gasteiger partial charge in [-0.3, -0.25) is 4.79 Å². The molecule has 3 rings (SSSR count). The van der Waals surface area contributed by atoms with Gasteiger partial charge in [0.15, 0.2) is 0 Å². The Labute approximate surface area is 123 Å². The zero-order valence-electron chi connectivity index (χ0n) is 12.0. The standard InChI is InChI=1S/C16H18N2OS/c1-11-9-16(20-10-12(11)2)13(3)17-18(15(16)19)14-7-5-4-6-8-14/h4-8H,9-10H2,1-3H3. The largest absolute Gasteiger partial charge is 0.270 e. The average Bonchev–Trinajstić information content (AvgIpc) is 2.69. The first-order valence-electron chi connectivity index (χ1n) is 6.79. The van der Waals surface area contributed by atoms with Crippen LogP contribution in [0.25, 0.3) is 0 Å². The number of rotatable bonds is 1. The van der Waals surface area contributed by atoms with Gasteiger partial charge in [0, 0.05) is 5.75 Å². The molecule has 2 aliphatic rings. The number of amides is 1. The van der Waals surface area contributed by atoms with E-state index in [-0.39, 0.29) is 5.91 Å². The summed E-state index contributed by atoms with van der Waals surface area (Å²) in [7, 11) is 0. The molecule has 0 fully saturated rings. The van der Waals surface area contributed by atoms with Crippen LogP contribution in [0.3, 0.4) is 0 Å². The van der Waals surface area contributed by atoms with Gasteiger partial charge in [0.25, 0.3) is 5.91 Å². The Morgan fingerprint density at radius 3 is 2.50 bits per heavy atom. The lowest BCUT2D eigenvalue weighted by atomic mass is 9.92. The van der Waals surface area contributed by atoms with E-state index in [1.54, 1.807) is 16.8 Å². The first-order valence-corrected chi connectivity index (χ1v) is 7.77. The Bertz CT molecular complexity index is 621. The number of nitrogens with zero attached hydrogens (tertiary/aromatic N) is 2. The van der Waals surface area contributed by atoms with Crippen molar-refractivity contribution in [1.29, 1.82) is 0 Å². The second-order valence-electron chi connectivity index (χ2n) is 5.49. The smallest absolute Gasteiger partial charge is 0.269 e. The summed E-state index contributed by atoms with van der Waals surface area (Å²) in [6.45, 7) is 6.25. The number of benzene rings is 1. The van der Waals surface area contributed by atoms with Gasteiger partial charge in [-0.1, -0.05) is 29.3 Å². The van der Waals surface area contributed by atoms with Gasteiger partial charge in [0.05, 0.1) is 11.4 Å². The van der Waals surface area contributed by atoms with Gasteiger partial charge < -0.3 is 0 Å². The lowest BCUT2D eigenvalue weighted by Gasteiger charge is -2.32. The van der Waals surface area contributed by atoms with Gasteiger partial charge in [-0.2, -0.15) is 10.1 Å². The average molecular weight is 286 g/mol. The highest BCUT2D eigenvalue weighted by atomic mass is 32.2. The lowest BCUT2D eigenvalue weighted by molar-refractivity contribution is -0.118. The molecule has 0 bridgehead atoms. The molecule has 0 radical (unpaired) electrons. The van der Waals surface area contributed by atoms with Crippen molar-refractivity contribution in [3.05, 3.63) is 41.5 Å². The van der Waals surface area contributed by atoms with Crippen LogP contribution in [0.15, 0.2) is 46.6 Å². The summed E-state index contributed by atoms with van der Waals surface area (Å²) in [4.78, 5) is 12.9. The summed E-state index contributed by atoms with van der Waals surface area (Å²) in [6.07, 6.45) is 0.779. The molecule has 2 aliphatic heterocycles. The fraction of sp³-hybridized carbons (Fsp3) is 0.375. The number of carbonyl (C=O) groups excluding carboxylic acids is 1. The summed E-state index contributed by atoms with van der Waals surface area (Å²) in [5.41, 5.74) is 4.47. The summed E-state index contributed by atoms with van der Waals surface area (Å²) < 4.78 is -0.487. The Hall–Kier alpha value is -1.55. The van der Waals surface area contributed by atoms with Gasteiger partial charge >= 0.3 is 0 Å². The minimum absolute atomic E-state index is 0.0954. The van der Waals surface area contributed by atoms with E-state index < -0.39 is 4.75 Å². The zero-order chi connectivity index (χ0) is 14.3. The highest BCUT2D eigenvalue weighted by molar-refractivity contribution is 8.02. The minimum atomic E-state index is -0.487. The first kappa shape index (κ1) is 13.4. The van der Waals surface area contributed by atoms with Crippen molar-refractivity contribution in [2.75, 3.05) is 10.8 Å². The highest BCUT2D eigenvalue weighted by Crippen LogP contribution is 2.45. The van der Waals surface area contributed by atoms with E-state index >= 15 is 0 Å². The lowest BCUT2D eigenvalue weighted by Crippen LogP contribution is -2.45. The van der Waals surface area contributed by atoms with Crippen LogP contribution in [-0.2, 0) is 4.79 Å². The SMILES string of the molecule is CC1=NN(c2ccccc2)C(=O)C12CC(C)=C(C)CS2. The Morgan fingerprint density at radius 1 is 1.15 bits per heavy atom. The van der Waals surface area contributed by atoms with Crippen molar-refractivity contribution in [1.82, 2.24) is 0 Å².